The minimum Gasteiger partial charge on any atom is -0.324 e. The Labute approximate surface area is 111 Å². The SMILES string of the molecule is CC(CN1CCC(C)(C)C1)C(N)c1ccccc1. The van der Waals surface area contributed by atoms with Gasteiger partial charge in [0.05, 0.1) is 0 Å². The van der Waals surface area contributed by atoms with Crippen LogP contribution in [0.5, 0.6) is 0 Å². The zero-order chi connectivity index (χ0) is 13.2. The molecule has 18 heavy (non-hydrogen) atoms. The van der Waals surface area contributed by atoms with Crippen LogP contribution in [0.3, 0.4) is 0 Å². The van der Waals surface area contributed by atoms with E-state index in [0.29, 0.717) is 11.3 Å². The molecule has 1 fully saturated rings. The van der Waals surface area contributed by atoms with Crippen molar-refractivity contribution in [1.82, 2.24) is 4.90 Å². The Morgan fingerprint density at radius 3 is 2.50 bits per heavy atom. The molecular formula is C16H26N2. The van der Waals surface area contributed by atoms with Crippen molar-refractivity contribution in [2.75, 3.05) is 19.6 Å². The van der Waals surface area contributed by atoms with Gasteiger partial charge in [-0.3, -0.25) is 0 Å². The highest BCUT2D eigenvalue weighted by Gasteiger charge is 2.30. The van der Waals surface area contributed by atoms with Crippen LogP contribution < -0.4 is 5.73 Å². The van der Waals surface area contributed by atoms with Gasteiger partial charge in [0.1, 0.15) is 0 Å². The minimum atomic E-state index is 0.148. The van der Waals surface area contributed by atoms with Gasteiger partial charge in [0.2, 0.25) is 0 Å². The summed E-state index contributed by atoms with van der Waals surface area (Å²) in [5, 5.41) is 0. The zero-order valence-electron chi connectivity index (χ0n) is 11.9. The summed E-state index contributed by atoms with van der Waals surface area (Å²) in [6.45, 7) is 10.5. The van der Waals surface area contributed by atoms with Crippen LogP contribution in [0.1, 0.15) is 38.8 Å². The molecule has 1 heterocycles. The van der Waals surface area contributed by atoms with Gasteiger partial charge in [0.15, 0.2) is 0 Å². The quantitative estimate of drug-likeness (QED) is 0.884. The molecule has 2 unspecified atom stereocenters. The highest BCUT2D eigenvalue weighted by atomic mass is 15.2. The average molecular weight is 246 g/mol. The number of benzene rings is 1. The molecule has 0 spiro atoms. The maximum atomic E-state index is 6.36. The Hall–Kier alpha value is -0.860. The van der Waals surface area contributed by atoms with Crippen molar-refractivity contribution >= 4 is 0 Å². The van der Waals surface area contributed by atoms with Gasteiger partial charge in [0.25, 0.3) is 0 Å². The van der Waals surface area contributed by atoms with Crippen LogP contribution in [-0.2, 0) is 0 Å². The first-order chi connectivity index (χ1) is 8.48. The van der Waals surface area contributed by atoms with Gasteiger partial charge in [0, 0.05) is 19.1 Å². The standard InChI is InChI=1S/C16H26N2/c1-13(11-18-10-9-16(2,3)12-18)15(17)14-7-5-4-6-8-14/h4-8,13,15H,9-12,17H2,1-3H3. The van der Waals surface area contributed by atoms with E-state index in [0.717, 1.165) is 6.54 Å². The molecule has 1 saturated heterocycles. The van der Waals surface area contributed by atoms with Crippen molar-refractivity contribution in [1.29, 1.82) is 0 Å². The summed E-state index contributed by atoms with van der Waals surface area (Å²) >= 11 is 0. The third-order valence-electron chi connectivity index (χ3n) is 4.10. The Bertz CT molecular complexity index is 372. The molecule has 0 saturated carbocycles. The summed E-state index contributed by atoms with van der Waals surface area (Å²) in [6, 6.07) is 10.6. The van der Waals surface area contributed by atoms with Crippen LogP contribution in [0.4, 0.5) is 0 Å². The third kappa shape index (κ3) is 3.33. The van der Waals surface area contributed by atoms with E-state index < -0.39 is 0 Å². The summed E-state index contributed by atoms with van der Waals surface area (Å²) in [5.41, 5.74) is 8.09. The highest BCUT2D eigenvalue weighted by Crippen LogP contribution is 2.30. The van der Waals surface area contributed by atoms with Crippen molar-refractivity contribution < 1.29 is 0 Å². The number of hydrogen-bond donors (Lipinski definition) is 1. The van der Waals surface area contributed by atoms with Crippen molar-refractivity contribution in [3.8, 4) is 0 Å². The molecule has 2 rings (SSSR count). The van der Waals surface area contributed by atoms with Gasteiger partial charge >= 0.3 is 0 Å². The lowest BCUT2D eigenvalue weighted by atomic mass is 9.93. The van der Waals surface area contributed by atoms with Crippen LogP contribution in [-0.4, -0.2) is 24.5 Å². The number of likely N-dealkylation sites (tertiary alicyclic amines) is 1. The maximum absolute atomic E-state index is 6.36. The molecule has 1 aromatic rings. The summed E-state index contributed by atoms with van der Waals surface area (Å²) in [6.07, 6.45) is 1.31. The fourth-order valence-corrected chi connectivity index (χ4v) is 2.90. The summed E-state index contributed by atoms with van der Waals surface area (Å²) in [4.78, 5) is 2.56. The Kier molecular flexibility index (Phi) is 4.08. The van der Waals surface area contributed by atoms with Gasteiger partial charge in [-0.25, -0.2) is 0 Å². The molecule has 1 aliphatic rings. The predicted molar refractivity (Wildman–Crippen MR) is 77.4 cm³/mol. The van der Waals surface area contributed by atoms with E-state index in [9.17, 15) is 0 Å². The lowest BCUT2D eigenvalue weighted by molar-refractivity contribution is 0.240. The lowest BCUT2D eigenvalue weighted by Crippen LogP contribution is -2.33. The van der Waals surface area contributed by atoms with Crippen LogP contribution in [0.2, 0.25) is 0 Å². The molecule has 2 heteroatoms. The molecule has 2 atom stereocenters. The van der Waals surface area contributed by atoms with E-state index in [4.69, 9.17) is 5.73 Å². The molecule has 2 nitrogen and oxygen atoms in total. The van der Waals surface area contributed by atoms with E-state index in [1.54, 1.807) is 0 Å². The molecule has 0 aromatic heterocycles. The minimum absolute atomic E-state index is 0.148. The van der Waals surface area contributed by atoms with Crippen LogP contribution in [0, 0.1) is 11.3 Å². The number of hydrogen-bond acceptors (Lipinski definition) is 2. The monoisotopic (exact) mass is 246 g/mol. The molecule has 100 valence electrons. The normalized spacial score (nSPS) is 22.9. The molecule has 2 N–H and O–H groups in total. The predicted octanol–water partition coefficient (Wildman–Crippen LogP) is 3.05. The first-order valence-electron chi connectivity index (χ1n) is 7.01. The van der Waals surface area contributed by atoms with E-state index in [1.807, 2.05) is 6.07 Å². The van der Waals surface area contributed by atoms with E-state index >= 15 is 0 Å². The van der Waals surface area contributed by atoms with Gasteiger partial charge in [-0.05, 0) is 29.9 Å². The van der Waals surface area contributed by atoms with Crippen LogP contribution in [0.15, 0.2) is 30.3 Å². The molecule has 0 radical (unpaired) electrons. The second-order valence-electron chi connectivity index (χ2n) is 6.56. The molecule has 0 bridgehead atoms. The summed E-state index contributed by atoms with van der Waals surface area (Å²) in [7, 11) is 0. The van der Waals surface area contributed by atoms with E-state index in [2.05, 4.69) is 49.9 Å². The zero-order valence-corrected chi connectivity index (χ0v) is 11.9. The highest BCUT2D eigenvalue weighted by molar-refractivity contribution is 5.19. The van der Waals surface area contributed by atoms with Crippen molar-refractivity contribution in [3.63, 3.8) is 0 Å². The molecule has 0 amide bonds. The molecule has 1 aromatic carbocycles. The van der Waals surface area contributed by atoms with Crippen LogP contribution >= 0.6 is 0 Å². The van der Waals surface area contributed by atoms with Gasteiger partial charge in [-0.15, -0.1) is 0 Å². The Morgan fingerprint density at radius 1 is 1.28 bits per heavy atom. The van der Waals surface area contributed by atoms with Gasteiger partial charge in [-0.1, -0.05) is 51.1 Å². The Morgan fingerprint density at radius 2 is 1.94 bits per heavy atom. The second-order valence-corrected chi connectivity index (χ2v) is 6.56. The Balaban J connectivity index is 1.90. The fraction of sp³-hybridized carbons (Fsp3) is 0.625. The van der Waals surface area contributed by atoms with E-state index in [-0.39, 0.29) is 6.04 Å². The number of nitrogens with zero attached hydrogens (tertiary/aromatic N) is 1. The van der Waals surface area contributed by atoms with E-state index in [1.165, 1.54) is 25.1 Å². The van der Waals surface area contributed by atoms with Crippen molar-refractivity contribution in [2.45, 2.75) is 33.2 Å². The second kappa shape index (κ2) is 5.41. The topological polar surface area (TPSA) is 29.3 Å². The molecular weight excluding hydrogens is 220 g/mol. The third-order valence-corrected chi connectivity index (χ3v) is 4.10. The summed E-state index contributed by atoms with van der Waals surface area (Å²) in [5.74, 6) is 0.501. The largest absolute Gasteiger partial charge is 0.324 e. The molecule has 1 aliphatic heterocycles. The number of rotatable bonds is 4. The number of nitrogens with two attached hydrogens (primary N) is 1. The summed E-state index contributed by atoms with van der Waals surface area (Å²) < 4.78 is 0. The maximum Gasteiger partial charge on any atom is 0.0333 e. The van der Waals surface area contributed by atoms with Gasteiger partial charge < -0.3 is 10.6 Å². The van der Waals surface area contributed by atoms with Crippen molar-refractivity contribution in [2.24, 2.45) is 17.1 Å². The van der Waals surface area contributed by atoms with Gasteiger partial charge in [-0.2, -0.15) is 0 Å². The average Bonchev–Trinajstić information content (AvgIpc) is 2.68. The first-order valence-corrected chi connectivity index (χ1v) is 7.01. The lowest BCUT2D eigenvalue weighted by Gasteiger charge is -2.26. The molecule has 0 aliphatic carbocycles. The first kappa shape index (κ1) is 13.6. The van der Waals surface area contributed by atoms with Crippen molar-refractivity contribution in [3.05, 3.63) is 35.9 Å². The van der Waals surface area contributed by atoms with Crippen LogP contribution in [0.25, 0.3) is 0 Å². The smallest absolute Gasteiger partial charge is 0.0333 e. The fourth-order valence-electron chi connectivity index (χ4n) is 2.90.